The van der Waals surface area contributed by atoms with E-state index < -0.39 is 0 Å². The molecule has 0 bridgehead atoms. The number of aromatic nitrogens is 3. The Morgan fingerprint density at radius 1 is 1.07 bits per heavy atom. The normalized spacial score (nSPS) is 14.3. The van der Waals surface area contributed by atoms with Crippen LogP contribution in [0.2, 0.25) is 10.0 Å². The molecule has 0 atom stereocenters. The molecule has 0 fully saturated rings. The molecule has 0 unspecified atom stereocenters. The van der Waals surface area contributed by atoms with Gasteiger partial charge in [0.1, 0.15) is 5.82 Å². The van der Waals surface area contributed by atoms with E-state index in [1.807, 2.05) is 36.5 Å². The Morgan fingerprint density at radius 3 is 2.69 bits per heavy atom. The van der Waals surface area contributed by atoms with Gasteiger partial charge in [-0.3, -0.25) is 9.69 Å². The Hall–Kier alpha value is -2.60. The summed E-state index contributed by atoms with van der Waals surface area (Å²) in [4.78, 5) is 25.9. The SMILES string of the molecule is O=c1[nH]c(-c2ccc(Cl)cc2)nc2c1CCN(Cc1c[nH]c3ccc(Cl)cc13)C2. The molecule has 1 aliphatic heterocycles. The molecule has 2 aromatic carbocycles. The molecular formula is C22H18Cl2N4O. The number of rotatable bonds is 3. The Labute approximate surface area is 177 Å². The van der Waals surface area contributed by atoms with Crippen molar-refractivity contribution in [1.29, 1.82) is 0 Å². The first-order chi connectivity index (χ1) is 14.1. The van der Waals surface area contributed by atoms with Gasteiger partial charge in [0.2, 0.25) is 0 Å². The van der Waals surface area contributed by atoms with E-state index in [0.29, 0.717) is 23.8 Å². The van der Waals surface area contributed by atoms with Crippen molar-refractivity contribution in [3.05, 3.63) is 85.9 Å². The van der Waals surface area contributed by atoms with Crippen LogP contribution in [0.15, 0.2) is 53.5 Å². The Bertz CT molecular complexity index is 1260. The van der Waals surface area contributed by atoms with E-state index in [-0.39, 0.29) is 5.56 Å². The van der Waals surface area contributed by atoms with Crippen LogP contribution in [-0.2, 0) is 19.5 Å². The summed E-state index contributed by atoms with van der Waals surface area (Å²) in [7, 11) is 0. The summed E-state index contributed by atoms with van der Waals surface area (Å²) in [5.41, 5.74) is 4.66. The third-order valence-electron chi connectivity index (χ3n) is 5.39. The van der Waals surface area contributed by atoms with Crippen LogP contribution < -0.4 is 5.56 Å². The molecule has 5 nitrogen and oxygen atoms in total. The van der Waals surface area contributed by atoms with Crippen LogP contribution in [0.5, 0.6) is 0 Å². The van der Waals surface area contributed by atoms with Gasteiger partial charge in [-0.1, -0.05) is 23.2 Å². The number of H-pyrrole nitrogens is 2. The molecule has 0 saturated heterocycles. The first-order valence-corrected chi connectivity index (χ1v) is 10.2. The van der Waals surface area contributed by atoms with Gasteiger partial charge in [0, 0.05) is 57.9 Å². The Morgan fingerprint density at radius 2 is 1.86 bits per heavy atom. The maximum Gasteiger partial charge on any atom is 0.254 e. The summed E-state index contributed by atoms with van der Waals surface area (Å²) in [5, 5.41) is 2.51. The highest BCUT2D eigenvalue weighted by Crippen LogP contribution is 2.26. The van der Waals surface area contributed by atoms with Gasteiger partial charge < -0.3 is 9.97 Å². The van der Waals surface area contributed by atoms with Gasteiger partial charge in [0.05, 0.1) is 5.69 Å². The highest BCUT2D eigenvalue weighted by atomic mass is 35.5. The van der Waals surface area contributed by atoms with E-state index in [1.165, 1.54) is 5.56 Å². The molecule has 2 aromatic heterocycles. The van der Waals surface area contributed by atoms with Crippen LogP contribution in [-0.4, -0.2) is 26.4 Å². The fourth-order valence-electron chi connectivity index (χ4n) is 3.90. The molecule has 0 amide bonds. The van der Waals surface area contributed by atoms with Gasteiger partial charge in [0.25, 0.3) is 5.56 Å². The number of aromatic amines is 2. The van der Waals surface area contributed by atoms with Crippen molar-refractivity contribution in [2.24, 2.45) is 0 Å². The summed E-state index contributed by atoms with van der Waals surface area (Å²) < 4.78 is 0. The molecule has 0 spiro atoms. The molecule has 2 N–H and O–H groups in total. The minimum atomic E-state index is -0.0570. The number of hydrogen-bond donors (Lipinski definition) is 2. The maximum atomic E-state index is 12.6. The van der Waals surface area contributed by atoms with E-state index in [0.717, 1.165) is 45.8 Å². The molecule has 0 radical (unpaired) electrons. The molecule has 146 valence electrons. The number of nitrogens with zero attached hydrogens (tertiary/aromatic N) is 2. The zero-order valence-corrected chi connectivity index (χ0v) is 17.0. The first-order valence-electron chi connectivity index (χ1n) is 9.43. The monoisotopic (exact) mass is 424 g/mol. The maximum absolute atomic E-state index is 12.6. The number of benzene rings is 2. The van der Waals surface area contributed by atoms with Gasteiger partial charge in [-0.25, -0.2) is 4.98 Å². The average Bonchev–Trinajstić information content (AvgIpc) is 3.10. The minimum absolute atomic E-state index is 0.0570. The lowest BCUT2D eigenvalue weighted by molar-refractivity contribution is 0.241. The van der Waals surface area contributed by atoms with Crippen LogP contribution in [0, 0.1) is 0 Å². The number of fused-ring (bicyclic) bond motifs is 2. The topological polar surface area (TPSA) is 64.8 Å². The Balaban J connectivity index is 1.44. The summed E-state index contributed by atoms with van der Waals surface area (Å²) in [6.45, 7) is 2.21. The number of nitrogens with one attached hydrogen (secondary N) is 2. The smallest absolute Gasteiger partial charge is 0.254 e. The zero-order valence-electron chi connectivity index (χ0n) is 15.5. The lowest BCUT2D eigenvalue weighted by atomic mass is 10.0. The average molecular weight is 425 g/mol. The standard InChI is InChI=1S/C22H18Cl2N4O/c23-15-3-1-13(2-4-15)21-26-20-12-28(8-7-17(20)22(29)27-21)11-14-10-25-19-6-5-16(24)9-18(14)19/h1-6,9-10,25H,7-8,11-12H2,(H,26,27,29). The largest absolute Gasteiger partial charge is 0.361 e. The second-order valence-corrected chi connectivity index (χ2v) is 8.18. The van der Waals surface area contributed by atoms with Crippen molar-refractivity contribution in [2.45, 2.75) is 19.5 Å². The third kappa shape index (κ3) is 3.57. The van der Waals surface area contributed by atoms with Crippen molar-refractivity contribution in [3.63, 3.8) is 0 Å². The van der Waals surface area contributed by atoms with Crippen molar-refractivity contribution in [1.82, 2.24) is 19.9 Å². The van der Waals surface area contributed by atoms with E-state index in [2.05, 4.69) is 14.9 Å². The zero-order chi connectivity index (χ0) is 20.0. The second kappa shape index (κ2) is 7.34. The molecule has 1 aliphatic rings. The second-order valence-electron chi connectivity index (χ2n) is 7.31. The number of halogens is 2. The molecule has 29 heavy (non-hydrogen) atoms. The number of hydrogen-bond acceptors (Lipinski definition) is 3. The molecule has 0 saturated carbocycles. The quantitative estimate of drug-likeness (QED) is 0.497. The first kappa shape index (κ1) is 18.4. The van der Waals surface area contributed by atoms with E-state index in [4.69, 9.17) is 28.2 Å². The highest BCUT2D eigenvalue weighted by Gasteiger charge is 2.22. The van der Waals surface area contributed by atoms with Gasteiger partial charge in [-0.2, -0.15) is 0 Å². The molecule has 3 heterocycles. The predicted molar refractivity (Wildman–Crippen MR) is 116 cm³/mol. The van der Waals surface area contributed by atoms with Crippen molar-refractivity contribution in [3.8, 4) is 11.4 Å². The summed E-state index contributed by atoms with van der Waals surface area (Å²) >= 11 is 12.1. The third-order valence-corrected chi connectivity index (χ3v) is 5.88. The minimum Gasteiger partial charge on any atom is -0.361 e. The van der Waals surface area contributed by atoms with Crippen LogP contribution in [0.4, 0.5) is 0 Å². The van der Waals surface area contributed by atoms with Crippen LogP contribution in [0.3, 0.4) is 0 Å². The van der Waals surface area contributed by atoms with Gasteiger partial charge in [-0.05, 0) is 54.4 Å². The fourth-order valence-corrected chi connectivity index (χ4v) is 4.19. The molecular weight excluding hydrogens is 407 g/mol. The molecule has 7 heteroatoms. The van der Waals surface area contributed by atoms with Gasteiger partial charge in [-0.15, -0.1) is 0 Å². The lowest BCUT2D eigenvalue weighted by Gasteiger charge is -2.27. The summed E-state index contributed by atoms with van der Waals surface area (Å²) in [6, 6.07) is 13.2. The van der Waals surface area contributed by atoms with Crippen LogP contribution >= 0.6 is 23.2 Å². The summed E-state index contributed by atoms with van der Waals surface area (Å²) in [6.07, 6.45) is 2.71. The van der Waals surface area contributed by atoms with Crippen LogP contribution in [0.25, 0.3) is 22.3 Å². The summed E-state index contributed by atoms with van der Waals surface area (Å²) in [5.74, 6) is 0.575. The van der Waals surface area contributed by atoms with Crippen molar-refractivity contribution >= 4 is 34.1 Å². The lowest BCUT2D eigenvalue weighted by Crippen LogP contribution is -2.35. The van der Waals surface area contributed by atoms with Crippen molar-refractivity contribution in [2.75, 3.05) is 6.54 Å². The predicted octanol–water partition coefficient (Wildman–Crippen LogP) is 4.78. The van der Waals surface area contributed by atoms with Gasteiger partial charge in [0.15, 0.2) is 0 Å². The Kier molecular flexibility index (Phi) is 4.66. The van der Waals surface area contributed by atoms with E-state index >= 15 is 0 Å². The highest BCUT2D eigenvalue weighted by molar-refractivity contribution is 6.31. The molecule has 0 aliphatic carbocycles. The van der Waals surface area contributed by atoms with Crippen molar-refractivity contribution < 1.29 is 0 Å². The molecule has 4 aromatic rings. The fraction of sp³-hybridized carbons (Fsp3) is 0.182. The van der Waals surface area contributed by atoms with Crippen LogP contribution in [0.1, 0.15) is 16.8 Å². The van der Waals surface area contributed by atoms with Gasteiger partial charge >= 0.3 is 0 Å². The molecule has 5 rings (SSSR count). The van der Waals surface area contributed by atoms with E-state index in [9.17, 15) is 4.79 Å². The van der Waals surface area contributed by atoms with E-state index in [1.54, 1.807) is 12.1 Å².